The minimum Gasteiger partial charge on any atom is -0.490 e. The van der Waals surface area contributed by atoms with Crippen LogP contribution in [0.15, 0.2) is 30.3 Å². The van der Waals surface area contributed by atoms with Gasteiger partial charge >= 0.3 is 0 Å². The normalized spacial score (nSPS) is 14.5. The predicted molar refractivity (Wildman–Crippen MR) is 73.2 cm³/mol. The largest absolute Gasteiger partial charge is 0.490 e. The molecule has 1 heterocycles. The Morgan fingerprint density at radius 3 is 2.89 bits per heavy atom. The molecule has 92 valence electrons. The van der Waals surface area contributed by atoms with E-state index in [9.17, 15) is 0 Å². The van der Waals surface area contributed by atoms with Crippen LogP contribution in [0.3, 0.4) is 0 Å². The van der Waals surface area contributed by atoms with Crippen molar-refractivity contribution in [3.05, 3.63) is 40.8 Å². The number of ether oxygens (including phenoxy) is 1. The summed E-state index contributed by atoms with van der Waals surface area (Å²) in [6, 6.07) is 9.95. The minimum absolute atomic E-state index is 0.415. The Labute approximate surface area is 111 Å². The van der Waals surface area contributed by atoms with Gasteiger partial charge in [0, 0.05) is 11.3 Å². The maximum Gasteiger partial charge on any atom is 0.130 e. The summed E-state index contributed by atoms with van der Waals surface area (Å²) in [7, 11) is 0. The number of aromatic nitrogens is 2. The molecular formula is C14H14N2OS. The molecule has 0 saturated heterocycles. The molecule has 0 aliphatic heterocycles. The third-order valence-electron chi connectivity index (χ3n) is 2.83. The van der Waals surface area contributed by atoms with Crippen LogP contribution in [0.5, 0.6) is 5.75 Å². The second-order valence-corrected chi connectivity index (χ2v) is 4.98. The Morgan fingerprint density at radius 1 is 1.33 bits per heavy atom. The number of nitrogens with zero attached hydrogens (tertiary/aromatic N) is 1. The van der Waals surface area contributed by atoms with Crippen LogP contribution in [0.25, 0.3) is 11.3 Å². The van der Waals surface area contributed by atoms with Gasteiger partial charge in [0.2, 0.25) is 0 Å². The lowest BCUT2D eigenvalue weighted by molar-refractivity contribution is 0.303. The number of aromatic amines is 1. The molecule has 3 nitrogen and oxygen atoms in total. The molecule has 4 heteroatoms. The van der Waals surface area contributed by atoms with Crippen LogP contribution in [-0.4, -0.2) is 16.1 Å². The molecule has 1 aromatic heterocycles. The number of benzene rings is 1. The molecule has 0 radical (unpaired) electrons. The highest BCUT2D eigenvalue weighted by molar-refractivity contribution is 7.71. The van der Waals surface area contributed by atoms with E-state index in [0.717, 1.165) is 22.8 Å². The predicted octanol–water partition coefficient (Wildman–Crippen LogP) is 3.66. The summed E-state index contributed by atoms with van der Waals surface area (Å²) >= 11 is 5.14. The Bertz CT molecular complexity index is 632. The summed E-state index contributed by atoms with van der Waals surface area (Å²) in [4.78, 5) is 7.40. The van der Waals surface area contributed by atoms with Crippen LogP contribution >= 0.6 is 12.2 Å². The zero-order valence-electron chi connectivity index (χ0n) is 10.1. The van der Waals surface area contributed by atoms with Crippen LogP contribution in [0.1, 0.15) is 18.7 Å². The van der Waals surface area contributed by atoms with Gasteiger partial charge in [-0.3, -0.25) is 0 Å². The molecule has 3 rings (SSSR count). The van der Waals surface area contributed by atoms with Crippen molar-refractivity contribution in [3.8, 4) is 17.0 Å². The molecule has 0 bridgehead atoms. The molecule has 2 aromatic rings. The molecule has 0 unspecified atom stereocenters. The third kappa shape index (κ3) is 2.59. The molecule has 1 aliphatic rings. The van der Waals surface area contributed by atoms with Crippen LogP contribution in [0.2, 0.25) is 0 Å². The summed E-state index contributed by atoms with van der Waals surface area (Å²) in [6.07, 6.45) is 2.75. The van der Waals surface area contributed by atoms with Crippen molar-refractivity contribution >= 4 is 12.2 Å². The number of rotatable bonds is 3. The number of nitrogens with one attached hydrogen (secondary N) is 1. The van der Waals surface area contributed by atoms with E-state index in [1.807, 2.05) is 37.3 Å². The molecule has 18 heavy (non-hydrogen) atoms. The highest BCUT2D eigenvalue weighted by Crippen LogP contribution is 2.29. The van der Waals surface area contributed by atoms with Gasteiger partial charge in [0.25, 0.3) is 0 Å². The highest BCUT2D eigenvalue weighted by atomic mass is 32.1. The monoisotopic (exact) mass is 258 g/mol. The molecule has 0 spiro atoms. The summed E-state index contributed by atoms with van der Waals surface area (Å²) in [6.45, 7) is 1.91. The van der Waals surface area contributed by atoms with Gasteiger partial charge in [-0.1, -0.05) is 24.4 Å². The fourth-order valence-electron chi connectivity index (χ4n) is 1.85. The van der Waals surface area contributed by atoms with Crippen molar-refractivity contribution in [3.63, 3.8) is 0 Å². The lowest BCUT2D eigenvalue weighted by atomic mass is 10.1. The van der Waals surface area contributed by atoms with Gasteiger partial charge in [-0.15, -0.1) is 0 Å². The van der Waals surface area contributed by atoms with E-state index in [1.54, 1.807) is 0 Å². The fourth-order valence-corrected chi connectivity index (χ4v) is 2.11. The molecule has 1 N–H and O–H groups in total. The van der Waals surface area contributed by atoms with Crippen molar-refractivity contribution in [2.24, 2.45) is 0 Å². The Hall–Kier alpha value is -1.68. The van der Waals surface area contributed by atoms with Gasteiger partial charge in [0.15, 0.2) is 0 Å². The summed E-state index contributed by atoms with van der Waals surface area (Å²) in [5.74, 6) is 1.75. The van der Waals surface area contributed by atoms with E-state index in [0.29, 0.717) is 10.7 Å². The Morgan fingerprint density at radius 2 is 2.17 bits per heavy atom. The fraction of sp³-hybridized carbons (Fsp3) is 0.286. The maximum absolute atomic E-state index is 5.79. The maximum atomic E-state index is 5.79. The average molecular weight is 258 g/mol. The van der Waals surface area contributed by atoms with E-state index in [4.69, 9.17) is 17.0 Å². The van der Waals surface area contributed by atoms with Gasteiger partial charge in [-0.2, -0.15) is 0 Å². The zero-order valence-corrected chi connectivity index (χ0v) is 11.0. The minimum atomic E-state index is 0.415. The smallest absolute Gasteiger partial charge is 0.130 e. The molecular weight excluding hydrogens is 244 g/mol. The van der Waals surface area contributed by atoms with Crippen molar-refractivity contribution in [2.45, 2.75) is 25.9 Å². The Balaban J connectivity index is 1.96. The SMILES string of the molecule is Cc1nc(=S)cc(-c2cccc(OC3CC3)c2)[nH]1. The highest BCUT2D eigenvalue weighted by Gasteiger charge is 2.23. The lowest BCUT2D eigenvalue weighted by Crippen LogP contribution is -1.96. The first-order chi connectivity index (χ1) is 8.70. The van der Waals surface area contributed by atoms with Gasteiger partial charge in [-0.05, 0) is 38.0 Å². The van der Waals surface area contributed by atoms with Crippen molar-refractivity contribution in [1.29, 1.82) is 0 Å². The first-order valence-corrected chi connectivity index (χ1v) is 6.46. The van der Waals surface area contributed by atoms with Crippen LogP contribution in [0, 0.1) is 11.6 Å². The molecule has 1 aliphatic carbocycles. The lowest BCUT2D eigenvalue weighted by Gasteiger charge is -2.07. The van der Waals surface area contributed by atoms with Crippen LogP contribution in [0.4, 0.5) is 0 Å². The Kier molecular flexibility index (Phi) is 2.88. The zero-order chi connectivity index (χ0) is 12.5. The van der Waals surface area contributed by atoms with Crippen molar-refractivity contribution in [2.75, 3.05) is 0 Å². The standard InChI is InChI=1S/C14H14N2OS/c1-9-15-13(8-14(18)16-9)10-3-2-4-12(7-10)17-11-5-6-11/h2-4,7-8,11H,5-6H2,1H3,(H,15,16,18). The molecule has 1 saturated carbocycles. The molecule has 0 amide bonds. The summed E-state index contributed by atoms with van der Waals surface area (Å²) in [5, 5.41) is 0. The molecule has 1 aromatic carbocycles. The van der Waals surface area contributed by atoms with Gasteiger partial charge < -0.3 is 9.72 Å². The molecule has 1 fully saturated rings. The average Bonchev–Trinajstić information content (AvgIpc) is 3.12. The second-order valence-electron chi connectivity index (χ2n) is 4.56. The quantitative estimate of drug-likeness (QED) is 0.854. The number of hydrogen-bond acceptors (Lipinski definition) is 3. The van der Waals surface area contributed by atoms with Crippen LogP contribution in [-0.2, 0) is 0 Å². The van der Waals surface area contributed by atoms with Gasteiger partial charge in [-0.25, -0.2) is 4.98 Å². The summed E-state index contributed by atoms with van der Waals surface area (Å²) < 4.78 is 6.40. The van der Waals surface area contributed by atoms with Crippen molar-refractivity contribution in [1.82, 2.24) is 9.97 Å². The van der Waals surface area contributed by atoms with E-state index < -0.39 is 0 Å². The van der Waals surface area contributed by atoms with Crippen LogP contribution < -0.4 is 4.74 Å². The first-order valence-electron chi connectivity index (χ1n) is 6.06. The van der Waals surface area contributed by atoms with Crippen molar-refractivity contribution < 1.29 is 4.74 Å². The van der Waals surface area contributed by atoms with E-state index in [2.05, 4.69) is 9.97 Å². The second kappa shape index (κ2) is 4.53. The summed E-state index contributed by atoms with van der Waals surface area (Å²) in [5.41, 5.74) is 2.05. The number of aryl methyl sites for hydroxylation is 1. The van der Waals surface area contributed by atoms with E-state index in [-0.39, 0.29) is 0 Å². The number of H-pyrrole nitrogens is 1. The van der Waals surface area contributed by atoms with Gasteiger partial charge in [0.05, 0.1) is 6.10 Å². The number of hydrogen-bond donors (Lipinski definition) is 1. The third-order valence-corrected chi connectivity index (χ3v) is 3.04. The van der Waals surface area contributed by atoms with E-state index >= 15 is 0 Å². The van der Waals surface area contributed by atoms with Gasteiger partial charge in [0.1, 0.15) is 16.2 Å². The first kappa shape index (κ1) is 11.4. The van der Waals surface area contributed by atoms with E-state index in [1.165, 1.54) is 12.8 Å². The topological polar surface area (TPSA) is 37.9 Å². The molecule has 0 atom stereocenters.